The molecule has 5 heteroatoms. The topological polar surface area (TPSA) is 53.4 Å². The largest absolute Gasteiger partial charge is 0.394 e. The van der Waals surface area contributed by atoms with Crippen LogP contribution in [0.15, 0.2) is 6.20 Å². The van der Waals surface area contributed by atoms with Crippen molar-refractivity contribution in [2.24, 2.45) is 0 Å². The van der Waals surface area contributed by atoms with Crippen LogP contribution in [-0.4, -0.2) is 40.6 Å². The first kappa shape index (κ1) is 11.1. The van der Waals surface area contributed by atoms with E-state index in [0.29, 0.717) is 4.88 Å². The average molecular weight is 214 g/mol. The standard InChI is InChI=1S/C9H14N2O2S/c1-6(5-12)11(3)9(13)8-4-10-7(2)14-8/h4,6,12H,5H2,1-3H3. The van der Waals surface area contributed by atoms with E-state index >= 15 is 0 Å². The molecule has 1 rings (SSSR count). The molecule has 0 fully saturated rings. The van der Waals surface area contributed by atoms with Crippen molar-refractivity contribution in [2.45, 2.75) is 19.9 Å². The van der Waals surface area contributed by atoms with Crippen molar-refractivity contribution in [1.29, 1.82) is 0 Å². The van der Waals surface area contributed by atoms with Gasteiger partial charge in [0.2, 0.25) is 0 Å². The summed E-state index contributed by atoms with van der Waals surface area (Å²) >= 11 is 1.37. The number of aromatic nitrogens is 1. The second-order valence-electron chi connectivity index (χ2n) is 3.19. The number of amides is 1. The number of thiazole rings is 1. The lowest BCUT2D eigenvalue weighted by molar-refractivity contribution is 0.0687. The molecule has 0 radical (unpaired) electrons. The Morgan fingerprint density at radius 1 is 1.79 bits per heavy atom. The number of hydrogen-bond acceptors (Lipinski definition) is 4. The van der Waals surface area contributed by atoms with Gasteiger partial charge in [-0.25, -0.2) is 4.98 Å². The summed E-state index contributed by atoms with van der Waals surface area (Å²) in [6.45, 7) is 3.63. The predicted molar refractivity (Wildman–Crippen MR) is 55.5 cm³/mol. The van der Waals surface area contributed by atoms with Crippen molar-refractivity contribution < 1.29 is 9.90 Å². The van der Waals surface area contributed by atoms with E-state index in [1.807, 2.05) is 6.92 Å². The zero-order chi connectivity index (χ0) is 10.7. The second kappa shape index (κ2) is 4.52. The first-order valence-corrected chi connectivity index (χ1v) is 5.18. The van der Waals surface area contributed by atoms with E-state index in [1.165, 1.54) is 16.2 Å². The average Bonchev–Trinajstić information content (AvgIpc) is 2.61. The quantitative estimate of drug-likeness (QED) is 0.813. The molecule has 1 atom stereocenters. The molecule has 0 spiro atoms. The molecule has 0 aliphatic rings. The Balaban J connectivity index is 2.75. The smallest absolute Gasteiger partial charge is 0.265 e. The fraction of sp³-hybridized carbons (Fsp3) is 0.556. The molecule has 4 nitrogen and oxygen atoms in total. The number of aliphatic hydroxyl groups excluding tert-OH is 1. The van der Waals surface area contributed by atoms with Crippen LogP contribution >= 0.6 is 11.3 Å². The maximum Gasteiger partial charge on any atom is 0.265 e. The number of likely N-dealkylation sites (N-methyl/N-ethyl adjacent to an activating group) is 1. The van der Waals surface area contributed by atoms with Gasteiger partial charge in [0.15, 0.2) is 0 Å². The van der Waals surface area contributed by atoms with Gasteiger partial charge in [-0.2, -0.15) is 0 Å². The lowest BCUT2D eigenvalue weighted by atomic mass is 10.3. The van der Waals surface area contributed by atoms with Crippen molar-refractivity contribution in [3.05, 3.63) is 16.1 Å². The molecule has 1 N–H and O–H groups in total. The number of carbonyl (C=O) groups is 1. The van der Waals surface area contributed by atoms with Crippen LogP contribution in [0.3, 0.4) is 0 Å². The molecule has 1 aromatic heterocycles. The highest BCUT2D eigenvalue weighted by Gasteiger charge is 2.18. The summed E-state index contributed by atoms with van der Waals surface area (Å²) < 4.78 is 0. The minimum atomic E-state index is -0.162. The molecule has 1 amide bonds. The monoisotopic (exact) mass is 214 g/mol. The molecule has 0 bridgehead atoms. The highest BCUT2D eigenvalue weighted by atomic mass is 32.1. The van der Waals surface area contributed by atoms with Crippen LogP contribution in [0.25, 0.3) is 0 Å². The Morgan fingerprint density at radius 3 is 2.86 bits per heavy atom. The molecular weight excluding hydrogens is 200 g/mol. The molecule has 1 unspecified atom stereocenters. The Labute approximate surface area is 87.2 Å². The van der Waals surface area contributed by atoms with Crippen molar-refractivity contribution in [3.63, 3.8) is 0 Å². The van der Waals surface area contributed by atoms with Crippen molar-refractivity contribution in [1.82, 2.24) is 9.88 Å². The molecule has 0 aliphatic carbocycles. The van der Waals surface area contributed by atoms with Gasteiger partial charge in [0.05, 0.1) is 23.9 Å². The van der Waals surface area contributed by atoms with E-state index in [0.717, 1.165) is 5.01 Å². The van der Waals surface area contributed by atoms with Crippen LogP contribution in [0.2, 0.25) is 0 Å². The summed E-state index contributed by atoms with van der Waals surface area (Å²) in [6, 6.07) is -0.162. The maximum atomic E-state index is 11.7. The van der Waals surface area contributed by atoms with Crippen molar-refractivity contribution in [2.75, 3.05) is 13.7 Å². The van der Waals surface area contributed by atoms with Crippen LogP contribution in [0.5, 0.6) is 0 Å². The minimum absolute atomic E-state index is 0.0278. The van der Waals surface area contributed by atoms with E-state index in [9.17, 15) is 4.79 Å². The zero-order valence-corrected chi connectivity index (χ0v) is 9.34. The normalized spacial score (nSPS) is 12.6. The molecule has 1 heterocycles. The van der Waals surface area contributed by atoms with Gasteiger partial charge in [-0.05, 0) is 13.8 Å². The van der Waals surface area contributed by atoms with Crippen LogP contribution in [0.4, 0.5) is 0 Å². The summed E-state index contributed by atoms with van der Waals surface area (Å²) in [5.74, 6) is -0.0860. The first-order valence-electron chi connectivity index (χ1n) is 4.36. The lowest BCUT2D eigenvalue weighted by Crippen LogP contribution is -2.36. The Bertz CT molecular complexity index is 324. The summed E-state index contributed by atoms with van der Waals surface area (Å²) in [5.41, 5.74) is 0. The Morgan fingerprint density at radius 2 is 2.43 bits per heavy atom. The Kier molecular flexibility index (Phi) is 3.60. The summed E-state index contributed by atoms with van der Waals surface area (Å²) in [7, 11) is 1.68. The number of aryl methyl sites for hydroxylation is 1. The number of aliphatic hydroxyl groups is 1. The van der Waals surface area contributed by atoms with Crippen LogP contribution < -0.4 is 0 Å². The minimum Gasteiger partial charge on any atom is -0.394 e. The molecule has 1 aromatic rings. The van der Waals surface area contributed by atoms with E-state index in [2.05, 4.69) is 4.98 Å². The number of nitrogens with zero attached hydrogens (tertiary/aromatic N) is 2. The fourth-order valence-electron chi connectivity index (χ4n) is 0.957. The van der Waals surface area contributed by atoms with Crippen LogP contribution in [-0.2, 0) is 0 Å². The summed E-state index contributed by atoms with van der Waals surface area (Å²) in [5, 5.41) is 9.77. The van der Waals surface area contributed by atoms with E-state index in [1.54, 1.807) is 20.2 Å². The van der Waals surface area contributed by atoms with Gasteiger partial charge in [-0.15, -0.1) is 11.3 Å². The summed E-state index contributed by atoms with van der Waals surface area (Å²) in [6.07, 6.45) is 1.57. The highest BCUT2D eigenvalue weighted by molar-refractivity contribution is 7.13. The van der Waals surface area contributed by atoms with Gasteiger partial charge in [0, 0.05) is 7.05 Å². The molecule has 0 aromatic carbocycles. The van der Waals surface area contributed by atoms with Crippen LogP contribution in [0.1, 0.15) is 21.6 Å². The predicted octanol–water partition coefficient (Wildman–Crippen LogP) is 0.904. The molecule has 0 aliphatic heterocycles. The molecular formula is C9H14N2O2S. The number of carbonyl (C=O) groups excluding carboxylic acids is 1. The van der Waals surface area contributed by atoms with Gasteiger partial charge < -0.3 is 10.0 Å². The van der Waals surface area contributed by atoms with Gasteiger partial charge in [0.25, 0.3) is 5.91 Å². The third-order valence-electron chi connectivity index (χ3n) is 2.08. The Hall–Kier alpha value is -0.940. The maximum absolute atomic E-state index is 11.7. The third-order valence-corrected chi connectivity index (χ3v) is 2.98. The van der Waals surface area contributed by atoms with Gasteiger partial charge in [-0.3, -0.25) is 4.79 Å². The fourth-order valence-corrected chi connectivity index (χ4v) is 1.72. The van der Waals surface area contributed by atoms with Crippen molar-refractivity contribution in [3.8, 4) is 0 Å². The van der Waals surface area contributed by atoms with Crippen molar-refractivity contribution >= 4 is 17.2 Å². The molecule has 14 heavy (non-hydrogen) atoms. The van der Waals surface area contributed by atoms with E-state index in [4.69, 9.17) is 5.11 Å². The molecule has 0 saturated carbocycles. The summed E-state index contributed by atoms with van der Waals surface area (Å²) in [4.78, 5) is 17.9. The zero-order valence-electron chi connectivity index (χ0n) is 8.52. The number of rotatable bonds is 3. The number of hydrogen-bond donors (Lipinski definition) is 1. The van der Waals surface area contributed by atoms with Gasteiger partial charge >= 0.3 is 0 Å². The van der Waals surface area contributed by atoms with Gasteiger partial charge in [-0.1, -0.05) is 0 Å². The second-order valence-corrected chi connectivity index (χ2v) is 4.43. The van der Waals surface area contributed by atoms with Crippen LogP contribution in [0, 0.1) is 6.92 Å². The van der Waals surface area contributed by atoms with Gasteiger partial charge in [0.1, 0.15) is 4.88 Å². The lowest BCUT2D eigenvalue weighted by Gasteiger charge is -2.22. The first-order chi connectivity index (χ1) is 6.56. The SMILES string of the molecule is Cc1ncc(C(=O)N(C)C(C)CO)s1. The molecule has 0 saturated heterocycles. The molecule has 78 valence electrons. The van der Waals surface area contributed by atoms with E-state index < -0.39 is 0 Å². The highest BCUT2D eigenvalue weighted by Crippen LogP contribution is 2.14. The third kappa shape index (κ3) is 2.30. The van der Waals surface area contributed by atoms with E-state index in [-0.39, 0.29) is 18.6 Å².